The minimum atomic E-state index is -0.914. The maximum Gasteiger partial charge on any atom is 0.305 e. The fourth-order valence-electron chi connectivity index (χ4n) is 1.82. The van der Waals surface area contributed by atoms with Gasteiger partial charge in [-0.25, -0.2) is 0 Å². The molecule has 0 aliphatic heterocycles. The zero-order valence-electron chi connectivity index (χ0n) is 11.3. The number of carbonyl (C=O) groups excluding carboxylic acids is 1. The maximum absolute atomic E-state index is 11.7. The zero-order valence-corrected chi connectivity index (χ0v) is 12.1. The molecular formula is C15H18ClNO3. The summed E-state index contributed by atoms with van der Waals surface area (Å²) < 4.78 is 0. The Balaban J connectivity index is 2.58. The quantitative estimate of drug-likeness (QED) is 0.760. The molecule has 1 aromatic rings. The van der Waals surface area contributed by atoms with Gasteiger partial charge in [0.05, 0.1) is 6.42 Å². The van der Waals surface area contributed by atoms with Gasteiger partial charge in [0.2, 0.25) is 5.91 Å². The van der Waals surface area contributed by atoms with Crippen LogP contribution in [0.5, 0.6) is 0 Å². The predicted octanol–water partition coefficient (Wildman–Crippen LogP) is 3.11. The van der Waals surface area contributed by atoms with Crippen molar-refractivity contribution < 1.29 is 14.7 Å². The van der Waals surface area contributed by atoms with Crippen molar-refractivity contribution in [3.63, 3.8) is 0 Å². The summed E-state index contributed by atoms with van der Waals surface area (Å²) in [4.78, 5) is 22.4. The molecule has 0 fully saturated rings. The fraction of sp³-hybridized carbons (Fsp3) is 0.333. The molecule has 0 heterocycles. The lowest BCUT2D eigenvalue weighted by Gasteiger charge is -2.14. The molecule has 1 unspecified atom stereocenters. The third-order valence-electron chi connectivity index (χ3n) is 2.68. The highest BCUT2D eigenvalue weighted by molar-refractivity contribution is 6.30. The number of carboxylic acid groups (broad SMARTS) is 1. The molecule has 1 atom stereocenters. The Morgan fingerprint density at radius 2 is 2.20 bits per heavy atom. The van der Waals surface area contributed by atoms with Crippen molar-refractivity contribution in [3.8, 4) is 0 Å². The Morgan fingerprint density at radius 1 is 1.45 bits per heavy atom. The van der Waals surface area contributed by atoms with Gasteiger partial charge in [0, 0.05) is 17.1 Å². The maximum atomic E-state index is 11.7. The Labute approximate surface area is 123 Å². The van der Waals surface area contributed by atoms with Crippen LogP contribution < -0.4 is 5.32 Å². The molecule has 1 amide bonds. The van der Waals surface area contributed by atoms with Crippen LogP contribution in [0.1, 0.15) is 31.7 Å². The SMILES string of the molecule is CCCC(CC(=O)O)NC(=O)/C=C/c1cccc(Cl)c1. The predicted molar refractivity (Wildman–Crippen MR) is 79.6 cm³/mol. The molecule has 0 radical (unpaired) electrons. The molecule has 1 rings (SSSR count). The smallest absolute Gasteiger partial charge is 0.305 e. The summed E-state index contributed by atoms with van der Waals surface area (Å²) >= 11 is 5.84. The first-order valence-corrected chi connectivity index (χ1v) is 6.85. The number of amides is 1. The second-order valence-electron chi connectivity index (χ2n) is 4.48. The van der Waals surface area contributed by atoms with E-state index < -0.39 is 5.97 Å². The molecule has 5 heteroatoms. The van der Waals surface area contributed by atoms with Crippen molar-refractivity contribution in [2.45, 2.75) is 32.2 Å². The van der Waals surface area contributed by atoms with Crippen LogP contribution >= 0.6 is 11.6 Å². The van der Waals surface area contributed by atoms with E-state index in [4.69, 9.17) is 16.7 Å². The van der Waals surface area contributed by atoms with Crippen LogP contribution in [0.25, 0.3) is 6.08 Å². The molecule has 1 aromatic carbocycles. The highest BCUT2D eigenvalue weighted by Gasteiger charge is 2.13. The fourth-order valence-corrected chi connectivity index (χ4v) is 2.01. The lowest BCUT2D eigenvalue weighted by molar-refractivity contribution is -0.137. The zero-order chi connectivity index (χ0) is 15.0. The summed E-state index contributed by atoms with van der Waals surface area (Å²) in [6.45, 7) is 1.95. The Kier molecular flexibility index (Phi) is 6.81. The van der Waals surface area contributed by atoms with Crippen LogP contribution in [-0.4, -0.2) is 23.0 Å². The van der Waals surface area contributed by atoms with Crippen LogP contribution in [0.15, 0.2) is 30.3 Å². The van der Waals surface area contributed by atoms with Gasteiger partial charge in [-0.05, 0) is 30.2 Å². The molecule has 0 spiro atoms. The van der Waals surface area contributed by atoms with Crippen molar-refractivity contribution in [2.24, 2.45) is 0 Å². The van der Waals surface area contributed by atoms with Gasteiger partial charge in [-0.15, -0.1) is 0 Å². The van der Waals surface area contributed by atoms with Crippen LogP contribution in [0.4, 0.5) is 0 Å². The number of carbonyl (C=O) groups is 2. The third kappa shape index (κ3) is 6.38. The average molecular weight is 296 g/mol. The molecule has 4 nitrogen and oxygen atoms in total. The first-order valence-electron chi connectivity index (χ1n) is 6.47. The van der Waals surface area contributed by atoms with E-state index >= 15 is 0 Å². The molecule has 0 saturated heterocycles. The highest BCUT2D eigenvalue weighted by atomic mass is 35.5. The molecule has 0 aliphatic carbocycles. The molecule has 2 N–H and O–H groups in total. The molecule has 0 saturated carbocycles. The van der Waals surface area contributed by atoms with Crippen LogP contribution in [0, 0.1) is 0 Å². The number of hydrogen-bond acceptors (Lipinski definition) is 2. The van der Waals surface area contributed by atoms with Crippen molar-refractivity contribution in [3.05, 3.63) is 40.9 Å². The van der Waals surface area contributed by atoms with Gasteiger partial charge in [0.1, 0.15) is 0 Å². The molecule has 0 bridgehead atoms. The number of nitrogens with one attached hydrogen (secondary N) is 1. The Bertz CT molecular complexity index is 500. The normalized spacial score (nSPS) is 12.3. The minimum Gasteiger partial charge on any atom is -0.481 e. The highest BCUT2D eigenvalue weighted by Crippen LogP contribution is 2.11. The van der Waals surface area contributed by atoms with E-state index in [-0.39, 0.29) is 18.4 Å². The second-order valence-corrected chi connectivity index (χ2v) is 4.92. The number of benzene rings is 1. The van der Waals surface area contributed by atoms with Crippen molar-refractivity contribution >= 4 is 29.6 Å². The van der Waals surface area contributed by atoms with Gasteiger partial charge in [-0.2, -0.15) is 0 Å². The summed E-state index contributed by atoms with van der Waals surface area (Å²) in [5.74, 6) is -1.22. The van der Waals surface area contributed by atoms with E-state index in [9.17, 15) is 9.59 Å². The summed E-state index contributed by atoms with van der Waals surface area (Å²) in [6.07, 6.45) is 4.42. The van der Waals surface area contributed by atoms with E-state index in [1.165, 1.54) is 6.08 Å². The third-order valence-corrected chi connectivity index (χ3v) is 2.92. The summed E-state index contributed by atoms with van der Waals surface area (Å²) in [5.41, 5.74) is 0.818. The van der Waals surface area contributed by atoms with E-state index in [1.54, 1.807) is 24.3 Å². The van der Waals surface area contributed by atoms with Gasteiger partial charge < -0.3 is 10.4 Å². The van der Waals surface area contributed by atoms with E-state index in [2.05, 4.69) is 5.32 Å². The van der Waals surface area contributed by atoms with Gasteiger partial charge in [-0.1, -0.05) is 37.1 Å². The van der Waals surface area contributed by atoms with E-state index in [0.29, 0.717) is 11.4 Å². The largest absolute Gasteiger partial charge is 0.481 e. The average Bonchev–Trinajstić information content (AvgIpc) is 2.36. The minimum absolute atomic E-state index is 0.0649. The summed E-state index contributed by atoms with van der Waals surface area (Å²) in [6, 6.07) is 6.78. The molecule has 0 aliphatic rings. The first kappa shape index (κ1) is 16.2. The number of hydrogen-bond donors (Lipinski definition) is 2. The standard InChI is InChI=1S/C15H18ClNO3/c1-2-4-13(10-15(19)20)17-14(18)8-7-11-5-3-6-12(16)9-11/h3,5-9,13H,2,4,10H2,1H3,(H,17,18)(H,19,20)/b8-7+. The van der Waals surface area contributed by atoms with Crippen molar-refractivity contribution in [2.75, 3.05) is 0 Å². The topological polar surface area (TPSA) is 66.4 Å². The van der Waals surface area contributed by atoms with Gasteiger partial charge >= 0.3 is 5.97 Å². The van der Waals surface area contributed by atoms with E-state index in [1.807, 2.05) is 13.0 Å². The number of halogens is 1. The van der Waals surface area contributed by atoms with Crippen LogP contribution in [-0.2, 0) is 9.59 Å². The van der Waals surface area contributed by atoms with Crippen LogP contribution in [0.3, 0.4) is 0 Å². The lowest BCUT2D eigenvalue weighted by atomic mass is 10.1. The first-order chi connectivity index (χ1) is 9.51. The molecule has 108 valence electrons. The lowest BCUT2D eigenvalue weighted by Crippen LogP contribution is -2.35. The number of aliphatic carboxylic acids is 1. The van der Waals surface area contributed by atoms with Gasteiger partial charge in [0.25, 0.3) is 0 Å². The molecule has 0 aromatic heterocycles. The second kappa shape index (κ2) is 8.38. The number of carboxylic acids is 1. The Hall–Kier alpha value is -1.81. The Morgan fingerprint density at radius 3 is 2.80 bits per heavy atom. The molecule has 20 heavy (non-hydrogen) atoms. The summed E-state index contributed by atoms with van der Waals surface area (Å²) in [7, 11) is 0. The van der Waals surface area contributed by atoms with Gasteiger partial charge in [0.15, 0.2) is 0 Å². The van der Waals surface area contributed by atoms with Gasteiger partial charge in [-0.3, -0.25) is 9.59 Å². The van der Waals surface area contributed by atoms with E-state index in [0.717, 1.165) is 12.0 Å². The van der Waals surface area contributed by atoms with Crippen molar-refractivity contribution in [1.82, 2.24) is 5.32 Å². The monoisotopic (exact) mass is 295 g/mol. The van der Waals surface area contributed by atoms with Crippen molar-refractivity contribution in [1.29, 1.82) is 0 Å². The molecular weight excluding hydrogens is 278 g/mol. The number of rotatable bonds is 7. The van der Waals surface area contributed by atoms with Crippen LogP contribution in [0.2, 0.25) is 5.02 Å². The summed E-state index contributed by atoms with van der Waals surface area (Å²) in [5, 5.41) is 12.1.